The highest BCUT2D eigenvalue weighted by atomic mass is 16.4. The third kappa shape index (κ3) is 1.93. The van der Waals surface area contributed by atoms with Crippen LogP contribution in [0.4, 0.5) is 5.88 Å². The summed E-state index contributed by atoms with van der Waals surface area (Å²) in [5.74, 6) is 2.72. The van der Waals surface area contributed by atoms with Gasteiger partial charge in [-0.2, -0.15) is 0 Å². The first-order valence-electron chi connectivity index (χ1n) is 5.25. The molecule has 0 spiro atoms. The number of rotatable bonds is 2. The summed E-state index contributed by atoms with van der Waals surface area (Å²) in [7, 11) is 4.01. The number of nitrogens with one attached hydrogen (secondary N) is 1. The Bertz CT molecular complexity index is 287. The molecule has 0 atom stereocenters. The average molecular weight is 194 g/mol. The highest BCUT2D eigenvalue weighted by Crippen LogP contribution is 2.29. The maximum absolute atomic E-state index is 5.78. The monoisotopic (exact) mass is 194 g/mol. The minimum atomic E-state index is 0.616. The summed E-state index contributed by atoms with van der Waals surface area (Å²) < 4.78 is 5.78. The molecule has 1 aromatic heterocycles. The Morgan fingerprint density at radius 1 is 1.29 bits per heavy atom. The molecule has 0 amide bonds. The zero-order chi connectivity index (χ0) is 9.97. The molecule has 14 heavy (non-hydrogen) atoms. The van der Waals surface area contributed by atoms with Crippen molar-refractivity contribution in [2.24, 2.45) is 0 Å². The summed E-state index contributed by atoms with van der Waals surface area (Å²) in [4.78, 5) is 2.00. The summed E-state index contributed by atoms with van der Waals surface area (Å²) in [5.41, 5.74) is 0. The number of furan rings is 1. The molecule has 1 aliphatic rings. The minimum absolute atomic E-state index is 0.616. The van der Waals surface area contributed by atoms with Crippen molar-refractivity contribution >= 4 is 5.88 Å². The summed E-state index contributed by atoms with van der Waals surface area (Å²) in [5, 5.41) is 3.36. The zero-order valence-corrected chi connectivity index (χ0v) is 8.92. The van der Waals surface area contributed by atoms with Crippen LogP contribution in [0.15, 0.2) is 16.5 Å². The Morgan fingerprint density at radius 2 is 2.00 bits per heavy atom. The zero-order valence-electron chi connectivity index (χ0n) is 8.92. The average Bonchev–Trinajstić information content (AvgIpc) is 2.68. The third-order valence-corrected chi connectivity index (χ3v) is 2.79. The lowest BCUT2D eigenvalue weighted by Gasteiger charge is -2.20. The van der Waals surface area contributed by atoms with E-state index in [0.717, 1.165) is 24.7 Å². The van der Waals surface area contributed by atoms with E-state index in [9.17, 15) is 0 Å². The Labute approximate surface area is 85.1 Å². The van der Waals surface area contributed by atoms with E-state index in [-0.39, 0.29) is 0 Å². The van der Waals surface area contributed by atoms with E-state index in [2.05, 4.69) is 17.4 Å². The van der Waals surface area contributed by atoms with Gasteiger partial charge in [0.15, 0.2) is 5.88 Å². The number of anilines is 1. The third-order valence-electron chi connectivity index (χ3n) is 2.79. The summed E-state index contributed by atoms with van der Waals surface area (Å²) in [6.45, 7) is 2.23. The second-order valence-corrected chi connectivity index (χ2v) is 4.09. The van der Waals surface area contributed by atoms with Crippen LogP contribution in [0.25, 0.3) is 0 Å². The fourth-order valence-corrected chi connectivity index (χ4v) is 1.91. The van der Waals surface area contributed by atoms with Gasteiger partial charge in [0.25, 0.3) is 0 Å². The second-order valence-electron chi connectivity index (χ2n) is 4.09. The topological polar surface area (TPSA) is 28.4 Å². The van der Waals surface area contributed by atoms with E-state index < -0.39 is 0 Å². The molecule has 1 aromatic rings. The van der Waals surface area contributed by atoms with Crippen LogP contribution in [0.5, 0.6) is 0 Å². The van der Waals surface area contributed by atoms with Crippen LogP contribution in [-0.2, 0) is 0 Å². The highest BCUT2D eigenvalue weighted by molar-refractivity contribution is 5.34. The van der Waals surface area contributed by atoms with Crippen molar-refractivity contribution in [3.05, 3.63) is 17.9 Å². The van der Waals surface area contributed by atoms with Crippen LogP contribution >= 0.6 is 0 Å². The van der Waals surface area contributed by atoms with E-state index in [0.29, 0.717) is 5.92 Å². The van der Waals surface area contributed by atoms with Gasteiger partial charge in [-0.15, -0.1) is 0 Å². The smallest absolute Gasteiger partial charge is 0.195 e. The predicted octanol–water partition coefficient (Wildman–Crippen LogP) is 1.81. The van der Waals surface area contributed by atoms with Gasteiger partial charge in [-0.3, -0.25) is 0 Å². The summed E-state index contributed by atoms with van der Waals surface area (Å²) in [6, 6.07) is 4.17. The first kappa shape index (κ1) is 9.59. The van der Waals surface area contributed by atoms with Gasteiger partial charge < -0.3 is 14.6 Å². The van der Waals surface area contributed by atoms with E-state index in [1.807, 2.05) is 19.0 Å². The van der Waals surface area contributed by atoms with Crippen LogP contribution in [0.1, 0.15) is 24.5 Å². The van der Waals surface area contributed by atoms with Gasteiger partial charge in [-0.25, -0.2) is 0 Å². The van der Waals surface area contributed by atoms with E-state index in [1.54, 1.807) is 0 Å². The lowest BCUT2D eigenvalue weighted by Crippen LogP contribution is -2.26. The molecule has 0 aromatic carbocycles. The van der Waals surface area contributed by atoms with Gasteiger partial charge in [0, 0.05) is 26.1 Å². The minimum Gasteiger partial charge on any atom is -0.445 e. The number of nitrogens with zero attached hydrogens (tertiary/aromatic N) is 1. The molecule has 1 saturated heterocycles. The van der Waals surface area contributed by atoms with Crippen molar-refractivity contribution in [2.75, 3.05) is 32.1 Å². The van der Waals surface area contributed by atoms with Crippen LogP contribution in [0, 0.1) is 0 Å². The van der Waals surface area contributed by atoms with Gasteiger partial charge in [-0.05, 0) is 32.0 Å². The molecular weight excluding hydrogens is 176 g/mol. The second kappa shape index (κ2) is 4.05. The van der Waals surface area contributed by atoms with E-state index in [4.69, 9.17) is 4.42 Å². The lowest BCUT2D eigenvalue weighted by molar-refractivity contribution is 0.388. The SMILES string of the molecule is CN(C)c1ccc(C2CCNCC2)o1. The molecular formula is C11H18N2O. The molecule has 0 unspecified atom stereocenters. The highest BCUT2D eigenvalue weighted by Gasteiger charge is 2.18. The molecule has 1 N–H and O–H groups in total. The van der Waals surface area contributed by atoms with Crippen molar-refractivity contribution in [2.45, 2.75) is 18.8 Å². The lowest BCUT2D eigenvalue weighted by atomic mass is 9.96. The van der Waals surface area contributed by atoms with Crippen molar-refractivity contribution in [3.63, 3.8) is 0 Å². The van der Waals surface area contributed by atoms with Crippen molar-refractivity contribution in [3.8, 4) is 0 Å². The molecule has 3 heteroatoms. The van der Waals surface area contributed by atoms with Crippen LogP contribution in [-0.4, -0.2) is 27.2 Å². The molecule has 0 bridgehead atoms. The predicted molar refractivity (Wildman–Crippen MR) is 57.9 cm³/mol. The number of hydrogen-bond acceptors (Lipinski definition) is 3. The largest absolute Gasteiger partial charge is 0.445 e. The normalized spacial score (nSPS) is 18.4. The molecule has 0 saturated carbocycles. The molecule has 2 heterocycles. The fourth-order valence-electron chi connectivity index (χ4n) is 1.91. The van der Waals surface area contributed by atoms with Gasteiger partial charge in [-0.1, -0.05) is 0 Å². The van der Waals surface area contributed by atoms with Crippen molar-refractivity contribution in [1.29, 1.82) is 0 Å². The first-order valence-corrected chi connectivity index (χ1v) is 5.25. The molecule has 1 fully saturated rings. The maximum Gasteiger partial charge on any atom is 0.195 e. The van der Waals surface area contributed by atoms with Gasteiger partial charge >= 0.3 is 0 Å². The van der Waals surface area contributed by atoms with Gasteiger partial charge in [0.2, 0.25) is 0 Å². The van der Waals surface area contributed by atoms with Gasteiger partial charge in [0.05, 0.1) is 0 Å². The fraction of sp³-hybridized carbons (Fsp3) is 0.636. The quantitative estimate of drug-likeness (QED) is 0.778. The Hall–Kier alpha value is -0.960. The standard InChI is InChI=1S/C11H18N2O/c1-13(2)11-4-3-10(14-11)9-5-7-12-8-6-9/h3-4,9,12H,5-8H2,1-2H3. The Balaban J connectivity index is 2.07. The van der Waals surface area contributed by atoms with E-state index >= 15 is 0 Å². The molecule has 3 nitrogen and oxygen atoms in total. The van der Waals surface area contributed by atoms with E-state index in [1.165, 1.54) is 12.8 Å². The molecule has 0 radical (unpaired) electrons. The summed E-state index contributed by atoms with van der Waals surface area (Å²) in [6.07, 6.45) is 2.39. The molecule has 1 aliphatic heterocycles. The van der Waals surface area contributed by atoms with Crippen molar-refractivity contribution < 1.29 is 4.42 Å². The molecule has 2 rings (SSSR count). The number of piperidine rings is 1. The van der Waals surface area contributed by atoms with Crippen LogP contribution < -0.4 is 10.2 Å². The summed E-state index contributed by atoms with van der Waals surface area (Å²) >= 11 is 0. The number of hydrogen-bond donors (Lipinski definition) is 1. The van der Waals surface area contributed by atoms with Gasteiger partial charge in [0.1, 0.15) is 5.76 Å². The van der Waals surface area contributed by atoms with Crippen LogP contribution in [0.2, 0.25) is 0 Å². The van der Waals surface area contributed by atoms with Crippen molar-refractivity contribution in [1.82, 2.24) is 5.32 Å². The molecule has 0 aliphatic carbocycles. The Morgan fingerprint density at radius 3 is 2.57 bits per heavy atom. The van der Waals surface area contributed by atoms with Crippen LogP contribution in [0.3, 0.4) is 0 Å². The Kier molecular flexibility index (Phi) is 2.77. The maximum atomic E-state index is 5.78. The molecule has 78 valence electrons. The first-order chi connectivity index (χ1) is 6.77.